The number of hydrogen-bond donors (Lipinski definition) is 8. The number of hydrogen-bond acceptors (Lipinski definition) is 16. The topological polar surface area (TPSA) is 271 Å². The van der Waals surface area contributed by atoms with Crippen LogP contribution >= 0.6 is 26.9 Å². The Morgan fingerprint density at radius 2 is 2.04 bits per heavy atom. The summed E-state index contributed by atoms with van der Waals surface area (Å²) >= 11 is 3.78. The first kappa shape index (κ1) is 34.7. The van der Waals surface area contributed by atoms with E-state index in [0.29, 0.717) is 16.6 Å². The van der Waals surface area contributed by atoms with Gasteiger partial charge in [-0.2, -0.15) is 4.31 Å². The number of ether oxygens (including phenoxy) is 3. The van der Waals surface area contributed by atoms with Crippen molar-refractivity contribution in [3.05, 3.63) is 18.1 Å². The molecule has 4 heterocycles. The molecular weight excluding hydrogens is 667 g/mol. The monoisotopic (exact) mass is 701 g/mol. The molecule has 45 heavy (non-hydrogen) atoms. The second kappa shape index (κ2) is 12.4. The Balaban J connectivity index is 1.28. The maximum absolute atomic E-state index is 14.2. The van der Waals surface area contributed by atoms with Crippen molar-refractivity contribution < 1.29 is 66.4 Å². The molecule has 1 saturated carbocycles. The summed E-state index contributed by atoms with van der Waals surface area (Å²) in [4.78, 5) is 25.7. The van der Waals surface area contributed by atoms with E-state index in [9.17, 15) is 33.7 Å². The minimum atomic E-state index is -5.37. The Hall–Kier alpha value is -1.61. The number of nitrogens with two attached hydrogens (primary N) is 1. The number of thiol groups is 1. The van der Waals surface area contributed by atoms with E-state index in [0.717, 1.165) is 0 Å². The van der Waals surface area contributed by atoms with E-state index in [1.54, 1.807) is 19.3 Å². The predicted octanol–water partition coefficient (Wildman–Crippen LogP) is 0.233. The van der Waals surface area contributed by atoms with Gasteiger partial charge in [0.1, 0.15) is 29.7 Å². The van der Waals surface area contributed by atoms with E-state index >= 15 is 0 Å². The Labute approximate surface area is 260 Å². The summed E-state index contributed by atoms with van der Waals surface area (Å²) in [6, 6.07) is 0. The van der Waals surface area contributed by atoms with Crippen LogP contribution in [0, 0.1) is 17.8 Å². The average molecular weight is 702 g/mol. The number of nitrogen functional groups attached to an aromatic ring is 1. The molecule has 9 unspecified atom stereocenters. The molecule has 2 aromatic rings. The number of aliphatic imine (C=N–C) groups is 1. The number of nitrogens with one attached hydrogen (secondary N) is 1. The Morgan fingerprint density at radius 3 is 2.69 bits per heavy atom. The molecule has 0 bridgehead atoms. The van der Waals surface area contributed by atoms with Crippen LogP contribution in [0.3, 0.4) is 0 Å². The van der Waals surface area contributed by atoms with Crippen molar-refractivity contribution in [2.45, 2.75) is 55.2 Å². The van der Waals surface area contributed by atoms with Gasteiger partial charge < -0.3 is 55.2 Å². The number of fused-ring (bicyclic) bond motifs is 2. The van der Waals surface area contributed by atoms with Gasteiger partial charge in [-0.1, -0.05) is 12.2 Å². The van der Waals surface area contributed by atoms with E-state index < -0.39 is 93.9 Å². The Morgan fingerprint density at radius 1 is 1.33 bits per heavy atom. The zero-order valence-electron chi connectivity index (χ0n) is 24.0. The van der Waals surface area contributed by atoms with E-state index in [4.69, 9.17) is 34.1 Å². The molecule has 3 aliphatic rings. The molecule has 2 aliphatic heterocycles. The molecule has 2 aromatic heterocycles. The molecule has 22 heteroatoms. The number of aliphatic hydroxyl groups is 4. The summed E-state index contributed by atoms with van der Waals surface area (Å²) in [5.41, 5.74) is 6.39. The zero-order valence-corrected chi connectivity index (χ0v) is 26.7. The van der Waals surface area contributed by atoms with Crippen molar-refractivity contribution in [1.29, 1.82) is 0 Å². The van der Waals surface area contributed by atoms with Crippen LogP contribution < -0.4 is 5.73 Å². The average Bonchev–Trinajstić information content (AvgIpc) is 3.54. The standard InChI is InChI=1S/C23H34FN5O13P2S/c1-22(37-3)10(5-26-2)12(39-19(22)9-4-27-16-15(9)28-8-29-20(16)25)7-38-44(36,45)42-43(34,35)41-21-14-18(32)17(31)13(11(24)6-30)23(14,33)40-21/h4-5,8,10-14,17-19,21,27,30-33H,6-7H2,1-3H3,(H,34,35)(H,36,45)(H2,25,28,29)/b26-5+/t10?,11-,12+,13?,14?,17?,18?,19-,21?,22+,23?,44?/m0/s1. The zero-order chi connectivity index (χ0) is 33.1. The molecule has 0 aromatic carbocycles. The van der Waals surface area contributed by atoms with Crippen LogP contribution in [0.4, 0.5) is 10.2 Å². The van der Waals surface area contributed by atoms with Crippen molar-refractivity contribution in [2.75, 3.05) is 33.1 Å². The Bertz CT molecular complexity index is 1540. The van der Waals surface area contributed by atoms with Crippen LogP contribution in [0.2, 0.25) is 0 Å². The van der Waals surface area contributed by atoms with Crippen LogP contribution in [-0.2, 0) is 36.7 Å². The van der Waals surface area contributed by atoms with Crippen LogP contribution in [0.25, 0.3) is 11.0 Å². The lowest BCUT2D eigenvalue weighted by atomic mass is 9.82. The van der Waals surface area contributed by atoms with Crippen molar-refractivity contribution in [2.24, 2.45) is 22.7 Å². The minimum Gasteiger partial charge on any atom is -0.393 e. The van der Waals surface area contributed by atoms with Gasteiger partial charge in [0.05, 0.1) is 54.8 Å². The maximum atomic E-state index is 14.2. The number of aromatic nitrogens is 3. The molecule has 0 spiro atoms. The van der Waals surface area contributed by atoms with Crippen LogP contribution in [0.15, 0.2) is 17.5 Å². The third kappa shape index (κ3) is 6.00. The molecule has 0 amide bonds. The second-order valence-electron chi connectivity index (χ2n) is 11.0. The molecule has 0 radical (unpaired) electrons. The van der Waals surface area contributed by atoms with Crippen molar-refractivity contribution in [3.8, 4) is 0 Å². The SMILES string of the molecule is C/N=C/C1[C@@H](COP(=O)(S)OP(=O)(O)OC2OC3(O)C2C(O)C(O)C3[C@@H](F)CO)O[C@@H](c2c[nH]c3c(N)ncnc23)[C@]1(C)OC. The number of aliphatic hydroxyl groups excluding tert-OH is 3. The largest absolute Gasteiger partial charge is 0.482 e. The number of rotatable bonds is 12. The first-order chi connectivity index (χ1) is 21.0. The van der Waals surface area contributed by atoms with Gasteiger partial charge in [0.25, 0.3) is 0 Å². The molecule has 252 valence electrons. The number of halogens is 1. The van der Waals surface area contributed by atoms with Gasteiger partial charge in [0, 0.05) is 32.1 Å². The number of methoxy groups -OCH3 is 1. The fourth-order valence-corrected chi connectivity index (χ4v) is 9.46. The lowest BCUT2D eigenvalue weighted by Gasteiger charge is -2.49. The second-order valence-corrected chi connectivity index (χ2v) is 15.5. The summed E-state index contributed by atoms with van der Waals surface area (Å²) in [6.07, 6.45) is -5.13. The molecule has 18 nitrogen and oxygen atoms in total. The quantitative estimate of drug-likeness (QED) is 0.0836. The van der Waals surface area contributed by atoms with Crippen LogP contribution in [-0.4, -0.2) is 116 Å². The molecule has 8 N–H and O–H groups in total. The highest BCUT2D eigenvalue weighted by molar-refractivity contribution is 8.45. The summed E-state index contributed by atoms with van der Waals surface area (Å²) < 4.78 is 72.0. The number of phosphoric acid groups is 1. The molecule has 2 saturated heterocycles. The lowest BCUT2D eigenvalue weighted by molar-refractivity contribution is -0.426. The minimum absolute atomic E-state index is 0.214. The fourth-order valence-electron chi connectivity index (χ4n) is 6.27. The molecule has 13 atom stereocenters. The normalized spacial score (nSPS) is 39.9. The third-order valence-corrected chi connectivity index (χ3v) is 12.1. The summed E-state index contributed by atoms with van der Waals surface area (Å²) in [5.74, 6) is -6.36. The predicted molar refractivity (Wildman–Crippen MR) is 155 cm³/mol. The highest BCUT2D eigenvalue weighted by Gasteiger charge is 2.74. The fraction of sp³-hybridized carbons (Fsp3) is 0.696. The van der Waals surface area contributed by atoms with Gasteiger partial charge in [0.15, 0.2) is 17.9 Å². The smallest absolute Gasteiger partial charge is 0.393 e. The molecular formula is C23H34FN5O13P2S. The summed E-state index contributed by atoms with van der Waals surface area (Å²) in [5, 5.41) is 40.2. The van der Waals surface area contributed by atoms with E-state index in [-0.39, 0.29) is 5.82 Å². The van der Waals surface area contributed by atoms with Crippen LogP contribution in [0.1, 0.15) is 18.6 Å². The first-order valence-electron chi connectivity index (χ1n) is 13.4. The highest BCUT2D eigenvalue weighted by Crippen LogP contribution is 2.68. The first-order valence-corrected chi connectivity index (χ1v) is 17.6. The van der Waals surface area contributed by atoms with Gasteiger partial charge in [-0.15, -0.1) is 0 Å². The van der Waals surface area contributed by atoms with E-state index in [1.807, 2.05) is 0 Å². The molecule has 5 rings (SSSR count). The Kier molecular flexibility index (Phi) is 9.60. The number of phosphoric ester groups is 1. The van der Waals surface area contributed by atoms with Gasteiger partial charge >= 0.3 is 14.6 Å². The summed E-state index contributed by atoms with van der Waals surface area (Å²) in [7, 11) is -2.39. The maximum Gasteiger partial charge on any atom is 0.482 e. The van der Waals surface area contributed by atoms with Gasteiger partial charge in [-0.3, -0.25) is 9.05 Å². The number of alkyl halides is 1. The molecule has 3 fully saturated rings. The van der Waals surface area contributed by atoms with Gasteiger partial charge in [-0.05, 0) is 6.92 Å². The number of H-pyrrole nitrogens is 1. The van der Waals surface area contributed by atoms with Crippen molar-refractivity contribution in [1.82, 2.24) is 15.0 Å². The molecule has 1 aliphatic carbocycles. The highest BCUT2D eigenvalue weighted by atomic mass is 32.7. The summed E-state index contributed by atoms with van der Waals surface area (Å²) in [6.45, 7) is -4.58. The third-order valence-electron chi connectivity index (χ3n) is 8.50. The van der Waals surface area contributed by atoms with E-state index in [1.165, 1.54) is 20.5 Å². The van der Waals surface area contributed by atoms with Crippen molar-refractivity contribution in [3.63, 3.8) is 0 Å². The van der Waals surface area contributed by atoms with Crippen LogP contribution in [0.5, 0.6) is 0 Å². The number of nitrogens with zero attached hydrogens (tertiary/aromatic N) is 3. The lowest BCUT2D eigenvalue weighted by Crippen LogP contribution is -2.64. The van der Waals surface area contributed by atoms with Gasteiger partial charge in [-0.25, -0.2) is 23.5 Å². The van der Waals surface area contributed by atoms with Gasteiger partial charge in [0.2, 0.25) is 0 Å². The number of aromatic amines is 1. The van der Waals surface area contributed by atoms with E-state index in [2.05, 4.69) is 36.5 Å². The number of anilines is 1. The van der Waals surface area contributed by atoms with Crippen molar-refractivity contribution >= 4 is 49.9 Å².